The lowest BCUT2D eigenvalue weighted by Crippen LogP contribution is -2.31. The molecule has 1 unspecified atom stereocenters. The Morgan fingerprint density at radius 2 is 1.59 bits per heavy atom. The third-order valence-electron chi connectivity index (χ3n) is 6.42. The Labute approximate surface area is 230 Å². The van der Waals surface area contributed by atoms with Crippen molar-refractivity contribution in [1.82, 2.24) is 4.98 Å². The lowest BCUT2D eigenvalue weighted by Gasteiger charge is -2.27. The van der Waals surface area contributed by atoms with Gasteiger partial charge in [0.05, 0.1) is 22.2 Å². The van der Waals surface area contributed by atoms with Gasteiger partial charge in [-0.3, -0.25) is 19.3 Å². The minimum absolute atomic E-state index is 0.0224. The zero-order chi connectivity index (χ0) is 27.8. The number of esters is 1. The number of ketones is 1. The molecule has 1 atom stereocenters. The second kappa shape index (κ2) is 10.3. The van der Waals surface area contributed by atoms with Gasteiger partial charge in [-0.2, -0.15) is 0 Å². The molecule has 39 heavy (non-hydrogen) atoms. The lowest BCUT2D eigenvalue weighted by atomic mass is 9.94. The molecule has 5 rings (SSSR count). The predicted molar refractivity (Wildman–Crippen MR) is 150 cm³/mol. The first-order valence-electron chi connectivity index (χ1n) is 12.3. The number of anilines is 1. The highest BCUT2D eigenvalue weighted by atomic mass is 32.1. The predicted octanol–water partition coefficient (Wildman–Crippen LogP) is 6.44. The van der Waals surface area contributed by atoms with Crippen LogP contribution in [0.1, 0.15) is 45.0 Å². The Morgan fingerprint density at radius 3 is 2.21 bits per heavy atom. The van der Waals surface area contributed by atoms with E-state index in [1.165, 1.54) is 23.2 Å². The minimum Gasteiger partial charge on any atom is -0.503 e. The van der Waals surface area contributed by atoms with Gasteiger partial charge in [0, 0.05) is 18.2 Å². The number of thiazole rings is 1. The monoisotopic (exact) mass is 538 g/mol. The molecule has 0 saturated carbocycles. The van der Waals surface area contributed by atoms with E-state index >= 15 is 0 Å². The average molecular weight is 539 g/mol. The third kappa shape index (κ3) is 4.98. The first-order chi connectivity index (χ1) is 18.6. The molecule has 0 radical (unpaired) electrons. The molecule has 3 aromatic carbocycles. The van der Waals surface area contributed by atoms with Crippen LogP contribution in [0.3, 0.4) is 0 Å². The molecule has 1 amide bonds. The summed E-state index contributed by atoms with van der Waals surface area (Å²) < 4.78 is 5.17. The van der Waals surface area contributed by atoms with Crippen molar-refractivity contribution in [3.8, 4) is 16.3 Å². The summed E-state index contributed by atoms with van der Waals surface area (Å²) in [5, 5.41) is 11.8. The molecule has 196 valence electrons. The van der Waals surface area contributed by atoms with E-state index in [9.17, 15) is 19.5 Å². The van der Waals surface area contributed by atoms with Crippen molar-refractivity contribution in [2.45, 2.75) is 33.7 Å². The molecule has 0 aliphatic carbocycles. The van der Waals surface area contributed by atoms with Gasteiger partial charge in [0.25, 0.3) is 5.91 Å². The van der Waals surface area contributed by atoms with Crippen LogP contribution in [0.4, 0.5) is 5.69 Å². The van der Waals surface area contributed by atoms with Crippen LogP contribution in [-0.4, -0.2) is 27.8 Å². The zero-order valence-corrected chi connectivity index (χ0v) is 22.7. The molecule has 0 fully saturated rings. The van der Waals surface area contributed by atoms with E-state index in [-0.39, 0.29) is 5.57 Å². The highest BCUT2D eigenvalue weighted by Gasteiger charge is 2.45. The molecule has 2 heterocycles. The molecule has 0 saturated heterocycles. The normalized spacial score (nSPS) is 15.1. The van der Waals surface area contributed by atoms with Crippen molar-refractivity contribution in [3.63, 3.8) is 0 Å². The third-order valence-corrected chi connectivity index (χ3v) is 7.62. The van der Waals surface area contributed by atoms with Crippen LogP contribution in [0, 0.1) is 20.8 Å². The van der Waals surface area contributed by atoms with Gasteiger partial charge in [-0.1, -0.05) is 48.5 Å². The fourth-order valence-corrected chi connectivity index (χ4v) is 5.85. The number of amides is 1. The second-order valence-electron chi connectivity index (χ2n) is 9.48. The maximum Gasteiger partial charge on any atom is 0.308 e. The molecule has 1 aliphatic heterocycles. The summed E-state index contributed by atoms with van der Waals surface area (Å²) >= 11 is 1.23. The van der Waals surface area contributed by atoms with Gasteiger partial charge in [0.15, 0.2) is 5.76 Å². The Hall–Kier alpha value is -4.56. The largest absolute Gasteiger partial charge is 0.503 e. The highest BCUT2D eigenvalue weighted by Crippen LogP contribution is 2.44. The van der Waals surface area contributed by atoms with Crippen LogP contribution < -0.4 is 9.64 Å². The molecule has 4 aromatic rings. The molecular weight excluding hydrogens is 512 g/mol. The number of rotatable bonds is 6. The van der Waals surface area contributed by atoms with Crippen LogP contribution in [-0.2, 0) is 9.59 Å². The summed E-state index contributed by atoms with van der Waals surface area (Å²) in [6, 6.07) is 20.9. The summed E-state index contributed by atoms with van der Waals surface area (Å²) in [6.45, 7) is 6.90. The number of aryl methyl sites for hydroxylation is 3. The summed E-state index contributed by atoms with van der Waals surface area (Å²) in [5.74, 6) is -1.84. The quantitative estimate of drug-likeness (QED) is 0.172. The van der Waals surface area contributed by atoms with Crippen molar-refractivity contribution in [2.24, 2.45) is 0 Å². The number of carbonyl (C=O) groups excluding carboxylic acids is 3. The maximum atomic E-state index is 14.1. The SMILES string of the molecule is CC(=O)Oc1ccc(C2C(C(=O)c3sc(-c4ccccc4)nc3C)=C(O)C(=O)N2c2cc(C)cc(C)c2)cc1. The van der Waals surface area contributed by atoms with Gasteiger partial charge in [-0.25, -0.2) is 4.98 Å². The Bertz CT molecular complexity index is 1620. The van der Waals surface area contributed by atoms with Gasteiger partial charge in [-0.05, 0) is 61.7 Å². The van der Waals surface area contributed by atoms with Gasteiger partial charge >= 0.3 is 5.97 Å². The van der Waals surface area contributed by atoms with Crippen LogP contribution in [0.5, 0.6) is 5.75 Å². The van der Waals surface area contributed by atoms with Crippen molar-refractivity contribution in [2.75, 3.05) is 4.90 Å². The lowest BCUT2D eigenvalue weighted by molar-refractivity contribution is -0.131. The summed E-state index contributed by atoms with van der Waals surface area (Å²) in [6.07, 6.45) is 0. The number of ether oxygens (including phenoxy) is 1. The van der Waals surface area contributed by atoms with Crippen LogP contribution in [0.25, 0.3) is 10.6 Å². The van der Waals surface area contributed by atoms with E-state index in [4.69, 9.17) is 4.74 Å². The molecule has 1 aliphatic rings. The van der Waals surface area contributed by atoms with Crippen molar-refractivity contribution >= 4 is 34.7 Å². The highest BCUT2D eigenvalue weighted by molar-refractivity contribution is 7.17. The topological polar surface area (TPSA) is 96.8 Å². The number of nitrogens with zero attached hydrogens (tertiary/aromatic N) is 2. The number of hydrogen-bond donors (Lipinski definition) is 1. The minimum atomic E-state index is -0.903. The molecule has 7 nitrogen and oxygen atoms in total. The van der Waals surface area contributed by atoms with Crippen molar-refractivity contribution in [1.29, 1.82) is 0 Å². The maximum absolute atomic E-state index is 14.1. The number of benzene rings is 3. The Morgan fingerprint density at radius 1 is 0.949 bits per heavy atom. The number of Topliss-reactive ketones (excluding diaryl/α,β-unsaturated/α-hetero) is 1. The fourth-order valence-electron chi connectivity index (χ4n) is 4.83. The zero-order valence-electron chi connectivity index (χ0n) is 21.9. The average Bonchev–Trinajstić information content (AvgIpc) is 3.41. The molecule has 0 bridgehead atoms. The second-order valence-corrected chi connectivity index (χ2v) is 10.5. The summed E-state index contributed by atoms with van der Waals surface area (Å²) in [4.78, 5) is 45.5. The van der Waals surface area contributed by atoms with E-state index in [0.29, 0.717) is 32.6 Å². The van der Waals surface area contributed by atoms with Crippen LogP contribution in [0.15, 0.2) is 84.1 Å². The van der Waals surface area contributed by atoms with Crippen molar-refractivity contribution in [3.05, 3.63) is 111 Å². The Balaban J connectivity index is 1.63. The van der Waals surface area contributed by atoms with E-state index < -0.39 is 29.5 Å². The van der Waals surface area contributed by atoms with Crippen LogP contribution >= 0.6 is 11.3 Å². The summed E-state index contributed by atoms with van der Waals surface area (Å²) in [5.41, 5.74) is 4.39. The number of aromatic nitrogens is 1. The first-order valence-corrected chi connectivity index (χ1v) is 13.2. The molecule has 1 N–H and O–H groups in total. The van der Waals surface area contributed by atoms with Gasteiger partial charge in [0.1, 0.15) is 10.8 Å². The van der Waals surface area contributed by atoms with E-state index in [0.717, 1.165) is 16.7 Å². The standard InChI is InChI=1S/C31H26N2O5S/c1-17-14-18(2)16-23(15-17)33-26(21-10-12-24(13-11-21)38-20(4)34)25(28(36)31(33)37)27(35)29-19(3)32-30(39-29)22-8-6-5-7-9-22/h5-16,26,36H,1-4H3. The molecule has 0 spiro atoms. The molecular formula is C31H26N2O5S. The number of carbonyl (C=O) groups is 3. The Kier molecular flexibility index (Phi) is 6.89. The van der Waals surface area contributed by atoms with Crippen molar-refractivity contribution < 1.29 is 24.2 Å². The van der Waals surface area contributed by atoms with E-state index in [1.807, 2.05) is 62.4 Å². The van der Waals surface area contributed by atoms with E-state index in [2.05, 4.69) is 4.98 Å². The number of hydrogen-bond acceptors (Lipinski definition) is 7. The molecule has 8 heteroatoms. The number of aliphatic hydroxyl groups excluding tert-OH is 1. The van der Waals surface area contributed by atoms with Gasteiger partial charge in [-0.15, -0.1) is 11.3 Å². The smallest absolute Gasteiger partial charge is 0.308 e. The van der Waals surface area contributed by atoms with Crippen LogP contribution in [0.2, 0.25) is 0 Å². The summed E-state index contributed by atoms with van der Waals surface area (Å²) in [7, 11) is 0. The van der Waals surface area contributed by atoms with E-state index in [1.54, 1.807) is 31.2 Å². The van der Waals surface area contributed by atoms with Gasteiger partial charge in [0.2, 0.25) is 5.78 Å². The van der Waals surface area contributed by atoms with Gasteiger partial charge < -0.3 is 9.84 Å². The molecule has 1 aromatic heterocycles. The number of aliphatic hydroxyl groups is 1. The fraction of sp³-hybridized carbons (Fsp3) is 0.161. The first kappa shape index (κ1) is 26.1.